The summed E-state index contributed by atoms with van der Waals surface area (Å²) >= 11 is 0. The van der Waals surface area contributed by atoms with Gasteiger partial charge in [-0.15, -0.1) is 0 Å². The number of carbonyl (C=O) groups is 1. The minimum Gasteiger partial charge on any atom is -0.388 e. The van der Waals surface area contributed by atoms with Crippen molar-refractivity contribution in [3.8, 4) is 0 Å². The molecule has 1 amide bonds. The Kier molecular flexibility index (Phi) is 3.41. The lowest BCUT2D eigenvalue weighted by Gasteiger charge is -2.39. The maximum absolute atomic E-state index is 13.0. The highest BCUT2D eigenvalue weighted by molar-refractivity contribution is 5.91. The predicted octanol–water partition coefficient (Wildman–Crippen LogP) is 2.52. The average molecular weight is 279 g/mol. The molecule has 1 aromatic rings. The van der Waals surface area contributed by atoms with Crippen molar-refractivity contribution in [1.82, 2.24) is 5.32 Å². The second-order valence-corrected chi connectivity index (χ2v) is 6.73. The van der Waals surface area contributed by atoms with Gasteiger partial charge in [-0.25, -0.2) is 4.39 Å². The molecule has 110 valence electrons. The highest BCUT2D eigenvalue weighted by Crippen LogP contribution is 2.48. The summed E-state index contributed by atoms with van der Waals surface area (Å²) in [5, 5.41) is 13.1. The molecule has 0 spiro atoms. The number of benzene rings is 1. The first kappa shape index (κ1) is 15.0. The van der Waals surface area contributed by atoms with E-state index >= 15 is 0 Å². The number of halogens is 1. The number of rotatable bonds is 4. The molecule has 4 heteroatoms. The molecule has 2 N–H and O–H groups in total. The van der Waals surface area contributed by atoms with Crippen LogP contribution in [0, 0.1) is 5.82 Å². The Morgan fingerprint density at radius 1 is 1.20 bits per heavy atom. The summed E-state index contributed by atoms with van der Waals surface area (Å²) in [6.45, 7) is 6.94. The molecule has 0 aromatic heterocycles. The van der Waals surface area contributed by atoms with Gasteiger partial charge in [-0.05, 0) is 58.2 Å². The van der Waals surface area contributed by atoms with E-state index in [9.17, 15) is 14.3 Å². The number of carbonyl (C=O) groups excluding carboxylic acids is 1. The van der Waals surface area contributed by atoms with E-state index in [4.69, 9.17) is 0 Å². The lowest BCUT2D eigenvalue weighted by molar-refractivity contribution is -0.128. The van der Waals surface area contributed by atoms with E-state index < -0.39 is 16.6 Å². The van der Waals surface area contributed by atoms with Crippen LogP contribution in [0.2, 0.25) is 0 Å². The van der Waals surface area contributed by atoms with Crippen molar-refractivity contribution in [2.45, 2.75) is 57.1 Å². The molecule has 0 aliphatic heterocycles. The standard InChI is InChI=1S/C16H22FNO2/c1-14(2,15(3,4)20)18-13(19)16(9-10-16)11-5-7-12(17)8-6-11/h5-8,20H,9-10H2,1-4H3,(H,18,19). The summed E-state index contributed by atoms with van der Waals surface area (Å²) in [6, 6.07) is 6.09. The van der Waals surface area contributed by atoms with Gasteiger partial charge in [0.05, 0.1) is 16.6 Å². The molecule has 20 heavy (non-hydrogen) atoms. The van der Waals surface area contributed by atoms with E-state index in [1.54, 1.807) is 39.8 Å². The minimum atomic E-state index is -1.03. The summed E-state index contributed by atoms with van der Waals surface area (Å²) in [6.07, 6.45) is 1.51. The van der Waals surface area contributed by atoms with Gasteiger partial charge in [0.15, 0.2) is 0 Å². The van der Waals surface area contributed by atoms with Crippen molar-refractivity contribution in [2.24, 2.45) is 0 Å². The third-order valence-electron chi connectivity index (χ3n) is 4.54. The van der Waals surface area contributed by atoms with Gasteiger partial charge in [0.1, 0.15) is 5.82 Å². The van der Waals surface area contributed by atoms with Gasteiger partial charge >= 0.3 is 0 Å². The molecule has 0 saturated heterocycles. The van der Waals surface area contributed by atoms with Crippen molar-refractivity contribution in [1.29, 1.82) is 0 Å². The number of hydrogen-bond acceptors (Lipinski definition) is 2. The van der Waals surface area contributed by atoms with Gasteiger partial charge in [-0.1, -0.05) is 12.1 Å². The molecule has 1 aromatic carbocycles. The van der Waals surface area contributed by atoms with E-state index in [1.807, 2.05) is 0 Å². The molecule has 0 atom stereocenters. The molecule has 3 nitrogen and oxygen atoms in total. The van der Waals surface area contributed by atoms with Gasteiger partial charge in [0.25, 0.3) is 0 Å². The number of amides is 1. The van der Waals surface area contributed by atoms with Crippen LogP contribution in [0.4, 0.5) is 4.39 Å². The number of aliphatic hydroxyl groups is 1. The third-order valence-corrected chi connectivity index (χ3v) is 4.54. The van der Waals surface area contributed by atoms with Crippen molar-refractivity contribution >= 4 is 5.91 Å². The normalized spacial score (nSPS) is 17.7. The van der Waals surface area contributed by atoms with Crippen LogP contribution in [0.25, 0.3) is 0 Å². The zero-order valence-corrected chi connectivity index (χ0v) is 12.5. The molecule has 0 heterocycles. The Bertz CT molecular complexity index is 510. The Morgan fingerprint density at radius 2 is 1.70 bits per heavy atom. The van der Waals surface area contributed by atoms with Gasteiger partial charge in [0.2, 0.25) is 5.91 Å². The second kappa shape index (κ2) is 4.55. The van der Waals surface area contributed by atoms with Crippen LogP contribution in [-0.2, 0) is 10.2 Å². The zero-order valence-electron chi connectivity index (χ0n) is 12.5. The first-order chi connectivity index (χ1) is 9.08. The largest absolute Gasteiger partial charge is 0.388 e. The van der Waals surface area contributed by atoms with Crippen LogP contribution < -0.4 is 5.32 Å². The Morgan fingerprint density at radius 3 is 2.10 bits per heavy atom. The lowest BCUT2D eigenvalue weighted by atomic mass is 9.84. The van der Waals surface area contributed by atoms with E-state index in [-0.39, 0.29) is 11.7 Å². The molecule has 1 saturated carbocycles. The molecule has 1 fully saturated rings. The third kappa shape index (κ3) is 2.57. The van der Waals surface area contributed by atoms with Crippen LogP contribution >= 0.6 is 0 Å². The van der Waals surface area contributed by atoms with E-state index in [0.717, 1.165) is 18.4 Å². The summed E-state index contributed by atoms with van der Waals surface area (Å²) in [5.74, 6) is -0.405. The fraction of sp³-hybridized carbons (Fsp3) is 0.562. The molecule has 2 rings (SSSR count). The smallest absolute Gasteiger partial charge is 0.231 e. The lowest BCUT2D eigenvalue weighted by Crippen LogP contribution is -2.59. The predicted molar refractivity (Wildman–Crippen MR) is 75.8 cm³/mol. The second-order valence-electron chi connectivity index (χ2n) is 6.73. The molecule has 0 bridgehead atoms. The molecule has 0 unspecified atom stereocenters. The maximum Gasteiger partial charge on any atom is 0.231 e. The van der Waals surface area contributed by atoms with Crippen molar-refractivity contribution in [2.75, 3.05) is 0 Å². The topological polar surface area (TPSA) is 49.3 Å². The van der Waals surface area contributed by atoms with Crippen LogP contribution in [0.1, 0.15) is 46.1 Å². The molecule has 1 aliphatic rings. The van der Waals surface area contributed by atoms with Crippen molar-refractivity contribution in [3.05, 3.63) is 35.6 Å². The number of nitrogens with one attached hydrogen (secondary N) is 1. The molecular weight excluding hydrogens is 257 g/mol. The average Bonchev–Trinajstić information content (AvgIpc) is 3.09. The van der Waals surface area contributed by atoms with Crippen LogP contribution in [0.3, 0.4) is 0 Å². The molecule has 0 radical (unpaired) electrons. The summed E-state index contributed by atoms with van der Waals surface area (Å²) in [4.78, 5) is 12.6. The summed E-state index contributed by atoms with van der Waals surface area (Å²) < 4.78 is 13.0. The Hall–Kier alpha value is -1.42. The SMILES string of the molecule is CC(C)(O)C(C)(C)NC(=O)C1(c2ccc(F)cc2)CC1. The van der Waals surface area contributed by atoms with Gasteiger partial charge < -0.3 is 10.4 Å². The van der Waals surface area contributed by atoms with Crippen LogP contribution in [0.5, 0.6) is 0 Å². The summed E-state index contributed by atoms with van der Waals surface area (Å²) in [7, 11) is 0. The highest BCUT2D eigenvalue weighted by atomic mass is 19.1. The maximum atomic E-state index is 13.0. The summed E-state index contributed by atoms with van der Waals surface area (Å²) in [5.41, 5.74) is -1.49. The van der Waals surface area contributed by atoms with Crippen LogP contribution in [-0.4, -0.2) is 22.2 Å². The minimum absolute atomic E-state index is 0.101. The first-order valence-electron chi connectivity index (χ1n) is 6.90. The quantitative estimate of drug-likeness (QED) is 0.889. The monoisotopic (exact) mass is 279 g/mol. The highest BCUT2D eigenvalue weighted by Gasteiger charge is 2.53. The van der Waals surface area contributed by atoms with E-state index in [0.29, 0.717) is 0 Å². The van der Waals surface area contributed by atoms with Crippen molar-refractivity contribution < 1.29 is 14.3 Å². The molecular formula is C16H22FNO2. The number of hydrogen-bond donors (Lipinski definition) is 2. The van der Waals surface area contributed by atoms with Crippen molar-refractivity contribution in [3.63, 3.8) is 0 Å². The van der Waals surface area contributed by atoms with E-state index in [2.05, 4.69) is 5.32 Å². The van der Waals surface area contributed by atoms with Gasteiger partial charge in [-0.3, -0.25) is 4.79 Å². The molecule has 1 aliphatic carbocycles. The fourth-order valence-corrected chi connectivity index (χ4v) is 2.10. The fourth-order valence-electron chi connectivity index (χ4n) is 2.10. The van der Waals surface area contributed by atoms with Crippen LogP contribution in [0.15, 0.2) is 24.3 Å². The first-order valence-corrected chi connectivity index (χ1v) is 6.90. The Labute approximate surface area is 119 Å². The van der Waals surface area contributed by atoms with Gasteiger partial charge in [-0.2, -0.15) is 0 Å². The van der Waals surface area contributed by atoms with Gasteiger partial charge in [0, 0.05) is 0 Å². The zero-order chi connectivity index (χ0) is 15.2. The Balaban J connectivity index is 2.19. The van der Waals surface area contributed by atoms with E-state index in [1.165, 1.54) is 12.1 Å².